The van der Waals surface area contributed by atoms with Gasteiger partial charge in [-0.3, -0.25) is 0 Å². The number of nitro benzene ring substituents is 1. The molecule has 5 nitrogen and oxygen atoms in total. The SMILES string of the molecule is O=C(Oc1ccc([N+](=O)[O-])c[c]1[Hg][Cl])c1cc[c]([Hg][Cl])cc1. The van der Waals surface area contributed by atoms with E-state index in [1.807, 2.05) is 12.1 Å². The van der Waals surface area contributed by atoms with E-state index in [4.69, 9.17) is 21.2 Å². The fourth-order valence-corrected chi connectivity index (χ4v) is 9.14. The van der Waals surface area contributed by atoms with Gasteiger partial charge >= 0.3 is 159 Å². The summed E-state index contributed by atoms with van der Waals surface area (Å²) in [6.45, 7) is 0. The van der Waals surface area contributed by atoms with E-state index in [0.717, 1.165) is 3.07 Å². The molecule has 0 aliphatic rings. The van der Waals surface area contributed by atoms with Gasteiger partial charge in [-0.25, -0.2) is 0 Å². The van der Waals surface area contributed by atoms with Gasteiger partial charge in [0.1, 0.15) is 0 Å². The topological polar surface area (TPSA) is 69.4 Å². The van der Waals surface area contributed by atoms with Crippen LogP contribution in [0, 0.1) is 10.1 Å². The molecule has 2 aromatic carbocycles. The van der Waals surface area contributed by atoms with E-state index in [1.165, 1.54) is 18.2 Å². The Hall–Kier alpha value is -0.240. The molecule has 0 amide bonds. The molecule has 0 fully saturated rings. The third-order valence-electron chi connectivity index (χ3n) is 2.95. The maximum atomic E-state index is 12.1. The van der Waals surface area contributed by atoms with Gasteiger partial charge < -0.3 is 0 Å². The Morgan fingerprint density at radius 3 is 2.32 bits per heavy atom. The van der Waals surface area contributed by atoms with Gasteiger partial charge in [0.25, 0.3) is 0 Å². The Bertz CT molecular complexity index is 710. The first-order valence-electron chi connectivity index (χ1n) is 6.25. The summed E-state index contributed by atoms with van der Waals surface area (Å²) in [7, 11) is 11.9. The van der Waals surface area contributed by atoms with Crippen molar-refractivity contribution in [3.05, 3.63) is 58.1 Å². The quantitative estimate of drug-likeness (QED) is 0.157. The van der Waals surface area contributed by atoms with Gasteiger partial charge in [-0.2, -0.15) is 0 Å². The molecule has 0 N–H and O–H groups in total. The van der Waals surface area contributed by atoms with Crippen LogP contribution < -0.4 is 10.9 Å². The number of carbonyl (C=O) groups is 1. The van der Waals surface area contributed by atoms with Gasteiger partial charge in [0.15, 0.2) is 0 Å². The molecule has 0 radical (unpaired) electrons. The van der Waals surface area contributed by atoms with Crippen molar-refractivity contribution >= 4 is 34.3 Å². The standard InChI is InChI=1S/C13H7NO4.2ClH.2Hg/c15-13(10-4-2-1-3-5-10)18-12-8-6-11(7-9-12)14(16)17;;;;/h2-8H;2*1H;;/q;;;2*+1/p-2. The molecule has 22 heavy (non-hydrogen) atoms. The number of ether oxygens (including phenoxy) is 1. The van der Waals surface area contributed by atoms with Crippen LogP contribution >= 0.6 is 16.5 Å². The minimum absolute atomic E-state index is 0.0464. The number of nitro groups is 1. The first-order valence-corrected chi connectivity index (χ1v) is 25.3. The molecular weight excluding hydrogens is 706 g/mol. The summed E-state index contributed by atoms with van der Waals surface area (Å²) in [6.07, 6.45) is 0. The number of hydrogen-bond donors (Lipinski definition) is 0. The Balaban J connectivity index is 2.21. The number of esters is 1. The average molecular weight is 713 g/mol. The van der Waals surface area contributed by atoms with Crippen molar-refractivity contribution in [3.8, 4) is 5.75 Å². The van der Waals surface area contributed by atoms with Gasteiger partial charge in [0, 0.05) is 0 Å². The fourth-order valence-electron chi connectivity index (χ4n) is 1.77. The maximum absolute atomic E-state index is 12.1. The van der Waals surface area contributed by atoms with Crippen molar-refractivity contribution in [3.63, 3.8) is 0 Å². The number of hydrogen-bond acceptors (Lipinski definition) is 4. The predicted octanol–water partition coefficient (Wildman–Crippen LogP) is 2.54. The van der Waals surface area contributed by atoms with E-state index in [1.54, 1.807) is 12.1 Å². The van der Waals surface area contributed by atoms with Gasteiger partial charge in [0.05, 0.1) is 0 Å². The number of non-ortho nitro benzene ring substituents is 1. The average Bonchev–Trinajstić information content (AvgIpc) is 2.55. The van der Waals surface area contributed by atoms with Crippen LogP contribution in [0.2, 0.25) is 0 Å². The monoisotopic (exact) mass is 715 g/mol. The van der Waals surface area contributed by atoms with E-state index >= 15 is 0 Å². The van der Waals surface area contributed by atoms with Crippen LogP contribution in [0.15, 0.2) is 42.5 Å². The number of nitrogens with zero attached hydrogens (tertiary/aromatic N) is 1. The van der Waals surface area contributed by atoms with Gasteiger partial charge in [-0.15, -0.1) is 0 Å². The molecule has 0 aromatic heterocycles. The molecule has 2 aromatic rings. The third kappa shape index (κ3) is 4.63. The van der Waals surface area contributed by atoms with Crippen molar-refractivity contribution in [2.24, 2.45) is 0 Å². The van der Waals surface area contributed by atoms with Crippen LogP contribution in [0.4, 0.5) is 5.69 Å². The molecule has 2 rings (SSSR count). The molecule has 0 saturated heterocycles. The number of carbonyl (C=O) groups excluding carboxylic acids is 1. The zero-order chi connectivity index (χ0) is 16.1. The molecule has 0 aliphatic carbocycles. The zero-order valence-electron chi connectivity index (χ0n) is 11.3. The fraction of sp³-hybridized carbons (Fsp3) is 0. The van der Waals surface area contributed by atoms with Crippen LogP contribution in [-0.2, 0) is 46.7 Å². The van der Waals surface area contributed by atoms with Crippen LogP contribution in [-0.4, -0.2) is 10.9 Å². The van der Waals surface area contributed by atoms with Gasteiger partial charge in [-0.1, -0.05) is 0 Å². The van der Waals surface area contributed by atoms with Crippen molar-refractivity contribution in [1.29, 1.82) is 0 Å². The number of benzene rings is 2. The van der Waals surface area contributed by atoms with Crippen LogP contribution in [0.3, 0.4) is 0 Å². The molecule has 0 aliphatic heterocycles. The van der Waals surface area contributed by atoms with E-state index in [9.17, 15) is 14.9 Å². The van der Waals surface area contributed by atoms with Crippen molar-refractivity contribution < 1.29 is 61.1 Å². The Kier molecular flexibility index (Phi) is 7.05. The first-order chi connectivity index (χ1) is 10.5. The molecule has 0 unspecified atom stereocenters. The summed E-state index contributed by atoms with van der Waals surface area (Å²) in [4.78, 5) is 22.4. The van der Waals surface area contributed by atoms with E-state index in [0.29, 0.717) is 14.4 Å². The molecule has 0 spiro atoms. The second-order valence-electron chi connectivity index (χ2n) is 4.40. The Morgan fingerprint density at radius 2 is 1.77 bits per heavy atom. The summed E-state index contributed by atoms with van der Waals surface area (Å²) >= 11 is -3.46. The Labute approximate surface area is 157 Å². The Morgan fingerprint density at radius 1 is 1.09 bits per heavy atom. The predicted molar refractivity (Wildman–Crippen MR) is 75.5 cm³/mol. The molecule has 0 heterocycles. The van der Waals surface area contributed by atoms with Gasteiger partial charge in [-0.05, 0) is 0 Å². The summed E-state index contributed by atoms with van der Waals surface area (Å²) in [5.41, 5.74) is 0.368. The molecule has 106 valence electrons. The number of rotatable bonds is 5. The molecule has 0 atom stereocenters. The van der Waals surface area contributed by atoms with E-state index in [-0.39, 0.29) is 5.69 Å². The van der Waals surface area contributed by atoms with Crippen LogP contribution in [0.5, 0.6) is 5.75 Å². The second kappa shape index (κ2) is 8.57. The molecule has 9 heteroatoms. The van der Waals surface area contributed by atoms with E-state index < -0.39 is 57.6 Å². The molecule has 0 saturated carbocycles. The van der Waals surface area contributed by atoms with Crippen molar-refractivity contribution in [2.45, 2.75) is 0 Å². The van der Waals surface area contributed by atoms with Crippen molar-refractivity contribution in [1.82, 2.24) is 0 Å². The first kappa shape index (κ1) is 18.1. The van der Waals surface area contributed by atoms with Gasteiger partial charge in [0.2, 0.25) is 0 Å². The van der Waals surface area contributed by atoms with Crippen molar-refractivity contribution in [2.75, 3.05) is 0 Å². The molecule has 0 bridgehead atoms. The normalized spacial score (nSPS) is 9.55. The van der Waals surface area contributed by atoms with E-state index in [2.05, 4.69) is 0 Å². The summed E-state index contributed by atoms with van der Waals surface area (Å²) in [5, 5.41) is 10.8. The third-order valence-corrected chi connectivity index (χ3v) is 14.5. The minimum atomic E-state index is -1.99. The summed E-state index contributed by atoms with van der Waals surface area (Å²) in [6, 6.07) is 11.2. The second-order valence-corrected chi connectivity index (χ2v) is 17.3. The summed E-state index contributed by atoms with van der Waals surface area (Å²) in [5.74, 6) is -0.194. The van der Waals surface area contributed by atoms with Crippen LogP contribution in [0.1, 0.15) is 10.4 Å². The molecular formula is C13H7Cl2Hg2NO4. The number of halogens is 2. The van der Waals surface area contributed by atoms with Crippen LogP contribution in [0.25, 0.3) is 0 Å². The zero-order valence-corrected chi connectivity index (χ0v) is 23.8. The summed E-state index contributed by atoms with van der Waals surface area (Å²) < 4.78 is 7.05.